The molecular weight excluding hydrogens is 497 g/mol. The molecule has 35 heavy (non-hydrogen) atoms. The van der Waals surface area contributed by atoms with Crippen LogP contribution < -0.4 is 10.2 Å². The predicted octanol–water partition coefficient (Wildman–Crippen LogP) is 3.81. The Balaban J connectivity index is 1.75. The molecule has 2 aromatic carbocycles. The van der Waals surface area contributed by atoms with Crippen LogP contribution in [0, 0.1) is 5.41 Å². The largest absolute Gasteiger partial charge is 0.446 e. The van der Waals surface area contributed by atoms with Crippen LogP contribution in [0.15, 0.2) is 53.5 Å². The molecule has 184 valence electrons. The topological polar surface area (TPSA) is 124 Å². The first-order valence-electron chi connectivity index (χ1n) is 10.5. The van der Waals surface area contributed by atoms with Gasteiger partial charge in [-0.1, -0.05) is 53.5 Å². The Morgan fingerprint density at radius 2 is 1.83 bits per heavy atom. The van der Waals surface area contributed by atoms with Crippen molar-refractivity contribution in [2.45, 2.75) is 26.5 Å². The Hall–Kier alpha value is -3.47. The van der Waals surface area contributed by atoms with E-state index in [2.05, 4.69) is 10.3 Å². The number of hydrogen-bond acceptors (Lipinski definition) is 6. The van der Waals surface area contributed by atoms with E-state index in [1.165, 1.54) is 18.2 Å². The van der Waals surface area contributed by atoms with Crippen molar-refractivity contribution < 1.29 is 23.9 Å². The third-order valence-corrected chi connectivity index (χ3v) is 5.45. The lowest BCUT2D eigenvalue weighted by atomic mass is 10.2. The number of carbonyl (C=O) groups excluding carboxylic acids is 3. The fraction of sp³-hybridized carbons (Fsp3) is 0.261. The van der Waals surface area contributed by atoms with Gasteiger partial charge < -0.3 is 9.47 Å². The maximum absolute atomic E-state index is 12.9. The van der Waals surface area contributed by atoms with Crippen LogP contribution in [0.25, 0.3) is 0 Å². The molecule has 0 bridgehead atoms. The molecule has 0 unspecified atom stereocenters. The van der Waals surface area contributed by atoms with Gasteiger partial charge in [-0.15, -0.1) is 0 Å². The molecule has 12 heteroatoms. The number of halogens is 2. The molecule has 0 spiro atoms. The van der Waals surface area contributed by atoms with Crippen LogP contribution >= 0.6 is 23.2 Å². The van der Waals surface area contributed by atoms with E-state index in [4.69, 9.17) is 38.1 Å². The fourth-order valence-electron chi connectivity index (χ4n) is 3.09. The molecule has 1 saturated heterocycles. The van der Waals surface area contributed by atoms with Crippen molar-refractivity contribution >= 4 is 58.7 Å². The van der Waals surface area contributed by atoms with Gasteiger partial charge in [0.2, 0.25) is 11.9 Å². The highest BCUT2D eigenvalue weighted by Crippen LogP contribution is 2.28. The van der Waals surface area contributed by atoms with Gasteiger partial charge in [-0.2, -0.15) is 4.99 Å². The van der Waals surface area contributed by atoms with E-state index in [1.807, 2.05) is 30.3 Å². The summed E-state index contributed by atoms with van der Waals surface area (Å²) >= 11 is 12.1. The molecule has 0 aromatic heterocycles. The van der Waals surface area contributed by atoms with Gasteiger partial charge in [0.15, 0.2) is 0 Å². The number of hydrogen-bond donors (Lipinski definition) is 2. The number of anilines is 1. The molecule has 2 aromatic rings. The number of rotatable bonds is 7. The first-order chi connectivity index (χ1) is 16.7. The van der Waals surface area contributed by atoms with Crippen molar-refractivity contribution in [2.75, 3.05) is 18.1 Å². The maximum Gasteiger partial charge on any atom is 0.421 e. The molecule has 3 rings (SSSR count). The van der Waals surface area contributed by atoms with Crippen molar-refractivity contribution in [3.05, 3.63) is 64.1 Å². The summed E-state index contributed by atoms with van der Waals surface area (Å²) in [5, 5.41) is 11.1. The lowest BCUT2D eigenvalue weighted by Gasteiger charge is -2.23. The summed E-state index contributed by atoms with van der Waals surface area (Å²) in [6, 6.07) is 13.3. The van der Waals surface area contributed by atoms with Crippen LogP contribution in [0.5, 0.6) is 0 Å². The minimum atomic E-state index is -0.937. The Labute approximate surface area is 211 Å². The second-order valence-corrected chi connectivity index (χ2v) is 8.38. The van der Waals surface area contributed by atoms with Crippen molar-refractivity contribution in [2.24, 2.45) is 4.99 Å². The van der Waals surface area contributed by atoms with E-state index in [0.29, 0.717) is 6.61 Å². The third-order valence-electron chi connectivity index (χ3n) is 4.72. The van der Waals surface area contributed by atoms with Gasteiger partial charge in [-0.05, 0) is 37.6 Å². The summed E-state index contributed by atoms with van der Waals surface area (Å²) in [4.78, 5) is 42.8. The molecule has 10 nitrogen and oxygen atoms in total. The van der Waals surface area contributed by atoms with E-state index in [0.717, 1.165) is 15.4 Å². The Bertz CT molecular complexity index is 1160. The smallest absolute Gasteiger partial charge is 0.421 e. The molecule has 2 N–H and O–H groups in total. The van der Waals surface area contributed by atoms with Gasteiger partial charge in [0.25, 0.3) is 0 Å². The van der Waals surface area contributed by atoms with Gasteiger partial charge in [0, 0.05) is 6.04 Å². The summed E-state index contributed by atoms with van der Waals surface area (Å²) < 4.78 is 10.8. The molecule has 1 aliphatic rings. The van der Waals surface area contributed by atoms with Crippen molar-refractivity contribution in [1.82, 2.24) is 10.2 Å². The lowest BCUT2D eigenvalue weighted by molar-refractivity contribution is -0.140. The fourth-order valence-corrected chi connectivity index (χ4v) is 3.38. The van der Waals surface area contributed by atoms with Gasteiger partial charge in [-0.25, -0.2) is 9.69 Å². The van der Waals surface area contributed by atoms with Crippen LogP contribution in [0.2, 0.25) is 10.0 Å². The Morgan fingerprint density at radius 1 is 1.11 bits per heavy atom. The number of amides is 3. The summed E-state index contributed by atoms with van der Waals surface area (Å²) in [6.45, 7) is 3.72. The van der Waals surface area contributed by atoms with E-state index in [-0.39, 0.29) is 34.9 Å². The zero-order chi connectivity index (χ0) is 25.5. The van der Waals surface area contributed by atoms with Crippen LogP contribution in [-0.2, 0) is 25.7 Å². The van der Waals surface area contributed by atoms with Crippen molar-refractivity contribution in [3.63, 3.8) is 0 Å². The summed E-state index contributed by atoms with van der Waals surface area (Å²) in [5.74, 6) is -2.49. The first-order valence-corrected chi connectivity index (χ1v) is 11.3. The number of benzene rings is 2. The van der Waals surface area contributed by atoms with Crippen LogP contribution in [0.3, 0.4) is 0 Å². The van der Waals surface area contributed by atoms with Crippen LogP contribution in [0.4, 0.5) is 10.5 Å². The van der Waals surface area contributed by atoms with Crippen LogP contribution in [-0.4, -0.2) is 54.0 Å². The molecular formula is C23H23Cl2N5O5. The molecule has 0 aliphatic carbocycles. The van der Waals surface area contributed by atoms with E-state index < -0.39 is 29.9 Å². The SMILES string of the molecule is CC(C)N1C(=O)C(=O)NC1=NC(=N)N(C(=O)OCCOCc1ccccc1)c1ccc(Cl)c(Cl)c1. The summed E-state index contributed by atoms with van der Waals surface area (Å²) in [5.41, 5.74) is 1.12. The van der Waals surface area contributed by atoms with E-state index in [1.54, 1.807) is 13.8 Å². The first kappa shape index (κ1) is 26.1. The molecule has 0 radical (unpaired) electrons. The number of ether oxygens (including phenoxy) is 2. The number of carbonyl (C=O) groups is 3. The van der Waals surface area contributed by atoms with Crippen LogP contribution in [0.1, 0.15) is 19.4 Å². The molecule has 0 saturated carbocycles. The van der Waals surface area contributed by atoms with Gasteiger partial charge >= 0.3 is 17.9 Å². The highest BCUT2D eigenvalue weighted by Gasteiger charge is 2.38. The zero-order valence-electron chi connectivity index (χ0n) is 19.0. The third kappa shape index (κ3) is 6.56. The standard InChI is InChI=1S/C23H23Cl2N5O5/c1-14(2)29-20(32)19(31)27-22(29)28-21(26)30(16-8-9-17(24)18(25)12-16)23(33)35-11-10-34-13-15-6-4-3-5-7-15/h3-9,12,14H,10-11,13H2,1-2H3,(H2,26,27,28,31). The highest BCUT2D eigenvalue weighted by atomic mass is 35.5. The minimum Gasteiger partial charge on any atom is -0.446 e. The molecule has 1 fully saturated rings. The number of guanidine groups is 2. The van der Waals surface area contributed by atoms with Gasteiger partial charge in [0.1, 0.15) is 6.61 Å². The van der Waals surface area contributed by atoms with Crippen molar-refractivity contribution in [1.29, 1.82) is 5.41 Å². The van der Waals surface area contributed by atoms with E-state index in [9.17, 15) is 14.4 Å². The zero-order valence-corrected chi connectivity index (χ0v) is 20.5. The lowest BCUT2D eigenvalue weighted by Crippen LogP contribution is -2.42. The minimum absolute atomic E-state index is 0.0965. The average molecular weight is 520 g/mol. The average Bonchev–Trinajstić information content (AvgIpc) is 3.09. The quantitative estimate of drug-likeness (QED) is 0.249. The molecule has 1 heterocycles. The van der Waals surface area contributed by atoms with Gasteiger partial charge in [0.05, 0.1) is 28.9 Å². The molecule has 0 atom stereocenters. The second-order valence-electron chi connectivity index (χ2n) is 7.57. The highest BCUT2D eigenvalue weighted by molar-refractivity contribution is 6.46. The maximum atomic E-state index is 12.9. The number of nitrogens with zero attached hydrogens (tertiary/aromatic N) is 3. The number of nitrogens with one attached hydrogen (secondary N) is 2. The van der Waals surface area contributed by atoms with Gasteiger partial charge in [-0.3, -0.25) is 25.2 Å². The molecule has 3 amide bonds. The monoisotopic (exact) mass is 519 g/mol. The Kier molecular flexibility index (Phi) is 8.80. The second kappa shape index (κ2) is 11.8. The Morgan fingerprint density at radius 3 is 2.49 bits per heavy atom. The van der Waals surface area contributed by atoms with Crippen molar-refractivity contribution in [3.8, 4) is 0 Å². The summed E-state index contributed by atoms with van der Waals surface area (Å²) in [6.07, 6.45) is -0.937. The summed E-state index contributed by atoms with van der Waals surface area (Å²) in [7, 11) is 0. The van der Waals surface area contributed by atoms with E-state index >= 15 is 0 Å². The molecule has 1 aliphatic heterocycles. The predicted molar refractivity (Wildman–Crippen MR) is 132 cm³/mol. The number of aliphatic imine (C=N–C) groups is 1. The normalized spacial score (nSPS) is 14.4.